The van der Waals surface area contributed by atoms with Gasteiger partial charge in [0, 0.05) is 28.1 Å². The van der Waals surface area contributed by atoms with Crippen molar-refractivity contribution in [1.29, 1.82) is 0 Å². The minimum atomic E-state index is -2.43. The highest BCUT2D eigenvalue weighted by Crippen LogP contribution is 2.37. The second-order valence-electron chi connectivity index (χ2n) is 6.09. The number of rotatable bonds is 5. The predicted octanol–water partition coefficient (Wildman–Crippen LogP) is 2.80. The van der Waals surface area contributed by atoms with Crippen LogP contribution in [0.2, 0.25) is 0 Å². The highest BCUT2D eigenvalue weighted by atomic mass is 35.5. The Kier molecular flexibility index (Phi) is 5.14. The lowest BCUT2D eigenvalue weighted by Gasteiger charge is -2.31. The molecule has 0 aliphatic carbocycles. The molecule has 5 heteroatoms. The fourth-order valence-electron chi connectivity index (χ4n) is 2.92. The topological polar surface area (TPSA) is 80.9 Å². The van der Waals surface area contributed by atoms with Crippen LogP contribution in [0, 0.1) is 0 Å². The van der Waals surface area contributed by atoms with Gasteiger partial charge >= 0.3 is 0 Å². The maximum atomic E-state index is 10.9. The van der Waals surface area contributed by atoms with Crippen molar-refractivity contribution in [3.05, 3.63) is 107 Å². The molecule has 0 unspecified atom stereocenters. The van der Waals surface area contributed by atoms with E-state index in [1.54, 1.807) is 66.7 Å². The summed E-state index contributed by atoms with van der Waals surface area (Å²) in [7, 11) is 0. The zero-order valence-electron chi connectivity index (χ0n) is 13.9. The summed E-state index contributed by atoms with van der Waals surface area (Å²) in [4.78, 5) is 0. The van der Waals surface area contributed by atoms with Crippen molar-refractivity contribution in [3.63, 3.8) is 0 Å². The molecule has 0 spiro atoms. The molecule has 134 valence electrons. The van der Waals surface area contributed by atoms with Crippen LogP contribution in [-0.4, -0.2) is 20.4 Å². The Labute approximate surface area is 156 Å². The first-order valence-electron chi connectivity index (χ1n) is 8.07. The average Bonchev–Trinajstić information content (AvgIpc) is 2.68. The summed E-state index contributed by atoms with van der Waals surface area (Å²) in [6, 6.07) is 20.9. The van der Waals surface area contributed by atoms with Crippen LogP contribution in [-0.2, 0) is 17.5 Å². The third-order valence-electron chi connectivity index (χ3n) is 4.34. The Morgan fingerprint density at radius 1 is 0.615 bits per heavy atom. The molecule has 0 radical (unpaired) electrons. The highest BCUT2D eigenvalue weighted by Gasteiger charge is 2.39. The molecule has 0 aliphatic heterocycles. The van der Waals surface area contributed by atoms with Gasteiger partial charge in [0.15, 0.2) is 0 Å². The summed E-state index contributed by atoms with van der Waals surface area (Å²) in [5.74, 6) is -4.69. The van der Waals surface area contributed by atoms with Gasteiger partial charge in [-0.1, -0.05) is 72.8 Å². The van der Waals surface area contributed by atoms with Gasteiger partial charge in [0.25, 0.3) is 0 Å². The normalized spacial score (nSPS) is 12.2. The van der Waals surface area contributed by atoms with Crippen LogP contribution in [0.4, 0.5) is 0 Å². The third-order valence-corrected chi connectivity index (χ3v) is 4.65. The minimum absolute atomic E-state index is 0.0357. The lowest BCUT2D eigenvalue weighted by atomic mass is 9.86. The van der Waals surface area contributed by atoms with Gasteiger partial charge in [-0.3, -0.25) is 0 Å². The Balaban J connectivity index is 2.22. The summed E-state index contributed by atoms with van der Waals surface area (Å²) in [5, 5.41) is 43.3. The molecule has 0 aromatic heterocycles. The largest absolute Gasteiger partial charge is 0.358 e. The zero-order valence-corrected chi connectivity index (χ0v) is 14.6. The van der Waals surface area contributed by atoms with Gasteiger partial charge in [0.05, 0.1) is 0 Å². The number of hydrogen-bond donors (Lipinski definition) is 4. The monoisotopic (exact) mass is 370 g/mol. The van der Waals surface area contributed by atoms with Crippen molar-refractivity contribution in [2.45, 2.75) is 17.5 Å². The molecule has 0 heterocycles. The Hall–Kier alpha value is -2.21. The van der Waals surface area contributed by atoms with Gasteiger partial charge in [-0.05, 0) is 11.6 Å². The maximum absolute atomic E-state index is 10.9. The minimum Gasteiger partial charge on any atom is -0.358 e. The van der Waals surface area contributed by atoms with Crippen LogP contribution >= 0.6 is 11.6 Å². The molecular formula is C21H19ClO4. The summed E-state index contributed by atoms with van der Waals surface area (Å²) in [6.07, 6.45) is 0. The van der Waals surface area contributed by atoms with Crippen molar-refractivity contribution < 1.29 is 20.4 Å². The zero-order chi connectivity index (χ0) is 18.8. The van der Waals surface area contributed by atoms with Crippen molar-refractivity contribution in [1.82, 2.24) is 0 Å². The van der Waals surface area contributed by atoms with Gasteiger partial charge in [-0.25, -0.2) is 0 Å². The highest BCUT2D eigenvalue weighted by molar-refractivity contribution is 6.17. The van der Waals surface area contributed by atoms with Gasteiger partial charge in [0.2, 0.25) is 11.6 Å². The van der Waals surface area contributed by atoms with Crippen LogP contribution in [0.1, 0.15) is 27.8 Å². The molecule has 4 nitrogen and oxygen atoms in total. The van der Waals surface area contributed by atoms with Crippen molar-refractivity contribution in [2.75, 3.05) is 0 Å². The third kappa shape index (κ3) is 3.38. The molecule has 0 fully saturated rings. The molecule has 3 rings (SSSR count). The first kappa shape index (κ1) is 18.6. The van der Waals surface area contributed by atoms with Gasteiger partial charge < -0.3 is 20.4 Å². The van der Waals surface area contributed by atoms with E-state index in [4.69, 9.17) is 11.6 Å². The molecule has 0 aliphatic rings. The quantitative estimate of drug-likeness (QED) is 0.411. The summed E-state index contributed by atoms with van der Waals surface area (Å²) >= 11 is 5.89. The molecule has 0 saturated carbocycles. The number of benzene rings is 3. The maximum Gasteiger partial charge on any atom is 0.217 e. The molecule has 4 N–H and O–H groups in total. The number of halogens is 1. The molecular weight excluding hydrogens is 352 g/mol. The predicted molar refractivity (Wildman–Crippen MR) is 99.3 cm³/mol. The molecule has 3 aromatic rings. The van der Waals surface area contributed by atoms with E-state index in [2.05, 4.69) is 0 Å². The Bertz CT molecular complexity index is 877. The van der Waals surface area contributed by atoms with E-state index in [9.17, 15) is 20.4 Å². The fourth-order valence-corrected chi connectivity index (χ4v) is 3.09. The average molecular weight is 371 g/mol. The lowest BCUT2D eigenvalue weighted by Crippen LogP contribution is -2.35. The number of hydrogen-bond acceptors (Lipinski definition) is 4. The first-order chi connectivity index (χ1) is 12.4. The van der Waals surface area contributed by atoms with Crippen molar-refractivity contribution >= 4 is 11.6 Å². The molecule has 0 atom stereocenters. The number of aliphatic hydroxyl groups is 4. The smallest absolute Gasteiger partial charge is 0.217 e. The van der Waals surface area contributed by atoms with E-state index in [1.807, 2.05) is 0 Å². The van der Waals surface area contributed by atoms with E-state index >= 15 is 0 Å². The van der Waals surface area contributed by atoms with Crippen molar-refractivity contribution in [2.24, 2.45) is 0 Å². The first-order valence-corrected chi connectivity index (χ1v) is 8.61. The SMILES string of the molecule is OC(O)(c1ccccc1)c1ccc(CCl)cc1C(O)(O)c1ccccc1. The standard InChI is InChI=1S/C21H19ClO4/c22-14-15-11-12-18(20(23,24)16-7-3-1-4-8-16)19(13-15)21(25,26)17-9-5-2-6-10-17/h1-13,23-26H,14H2. The summed E-state index contributed by atoms with van der Waals surface area (Å²) in [6.45, 7) is 0. The lowest BCUT2D eigenvalue weighted by molar-refractivity contribution is -0.154. The van der Waals surface area contributed by atoms with Crippen LogP contribution in [0.3, 0.4) is 0 Å². The Morgan fingerprint density at radius 2 is 1.08 bits per heavy atom. The molecule has 0 saturated heterocycles. The van der Waals surface area contributed by atoms with Gasteiger partial charge in [-0.15, -0.1) is 11.6 Å². The van der Waals surface area contributed by atoms with E-state index < -0.39 is 11.6 Å². The summed E-state index contributed by atoms with van der Waals surface area (Å²) < 4.78 is 0. The van der Waals surface area contributed by atoms with Crippen LogP contribution in [0.15, 0.2) is 78.9 Å². The summed E-state index contributed by atoms with van der Waals surface area (Å²) in [5.41, 5.74) is 0.959. The second-order valence-corrected chi connectivity index (χ2v) is 6.36. The van der Waals surface area contributed by atoms with E-state index in [0.717, 1.165) is 0 Å². The second kappa shape index (κ2) is 7.19. The fraction of sp³-hybridized carbons (Fsp3) is 0.143. The van der Waals surface area contributed by atoms with Gasteiger partial charge in [-0.2, -0.15) is 0 Å². The van der Waals surface area contributed by atoms with Crippen LogP contribution in [0.5, 0.6) is 0 Å². The van der Waals surface area contributed by atoms with Gasteiger partial charge in [0.1, 0.15) is 0 Å². The Morgan fingerprint density at radius 3 is 1.54 bits per heavy atom. The van der Waals surface area contributed by atoms with Crippen LogP contribution in [0.25, 0.3) is 0 Å². The van der Waals surface area contributed by atoms with E-state index in [1.165, 1.54) is 12.1 Å². The van der Waals surface area contributed by atoms with E-state index in [-0.39, 0.29) is 28.1 Å². The number of alkyl halides is 1. The van der Waals surface area contributed by atoms with E-state index in [0.29, 0.717) is 5.56 Å². The van der Waals surface area contributed by atoms with Crippen molar-refractivity contribution in [3.8, 4) is 0 Å². The molecule has 3 aromatic carbocycles. The molecule has 0 bridgehead atoms. The molecule has 0 amide bonds. The van der Waals surface area contributed by atoms with Crippen LogP contribution < -0.4 is 0 Å². The molecule has 26 heavy (non-hydrogen) atoms.